The number of halogens is 3. The summed E-state index contributed by atoms with van der Waals surface area (Å²) in [6, 6.07) is 6.07. The molecule has 6 heteroatoms. The number of unbranched alkanes of at least 4 members (excludes halogenated alkanes) is 3. The first kappa shape index (κ1) is 21.0. The van der Waals surface area contributed by atoms with E-state index in [9.17, 15) is 18.0 Å². The Kier molecular flexibility index (Phi) is 9.07. The van der Waals surface area contributed by atoms with Crippen LogP contribution in [0.3, 0.4) is 0 Å². The molecule has 0 N–H and O–H groups in total. The molecule has 138 valence electrons. The summed E-state index contributed by atoms with van der Waals surface area (Å²) in [6.07, 6.45) is 0.381. The van der Waals surface area contributed by atoms with Crippen LogP contribution in [-0.4, -0.2) is 32.3 Å². The normalized spacial score (nSPS) is 10.9. The molecule has 0 aliphatic carbocycles. The molecule has 0 unspecified atom stereocenters. The smallest absolute Gasteiger partial charge is 0.380 e. The van der Waals surface area contributed by atoms with Crippen LogP contribution >= 0.6 is 0 Å². The van der Waals surface area contributed by atoms with Gasteiger partial charge in [0.05, 0.1) is 6.61 Å². The highest BCUT2D eigenvalue weighted by Crippen LogP contribution is 2.22. The van der Waals surface area contributed by atoms with Gasteiger partial charge >= 0.3 is 12.1 Å². The number of anilines is 1. The lowest BCUT2D eigenvalue weighted by Crippen LogP contribution is -2.38. The topological polar surface area (TPSA) is 29.5 Å². The Morgan fingerprint density at radius 3 is 2.40 bits per heavy atom. The molecule has 0 heterocycles. The van der Waals surface area contributed by atoms with Crippen molar-refractivity contribution in [2.24, 2.45) is 0 Å². The Morgan fingerprint density at radius 2 is 1.80 bits per heavy atom. The molecule has 0 saturated heterocycles. The first-order valence-corrected chi connectivity index (χ1v) is 8.37. The number of nitrogens with zero attached hydrogens (tertiary/aromatic N) is 1. The van der Waals surface area contributed by atoms with Gasteiger partial charge in [-0.15, -0.1) is 0 Å². The van der Waals surface area contributed by atoms with Crippen LogP contribution in [0.2, 0.25) is 0 Å². The second kappa shape index (κ2) is 10.8. The average Bonchev–Trinajstić information content (AvgIpc) is 2.59. The number of ether oxygens (including phenoxy) is 1. The third kappa shape index (κ3) is 8.08. The number of carbonyl (C=O) groups excluding carboxylic acids is 1. The van der Waals surface area contributed by atoms with Gasteiger partial charge in [0.2, 0.25) is 0 Å². The summed E-state index contributed by atoms with van der Waals surface area (Å²) in [5, 5.41) is 0. The fraction of sp³-hybridized carbons (Fsp3) is 0.526. The Hall–Kier alpha value is -2.00. The highest BCUT2D eigenvalue weighted by Gasteiger charge is 2.41. The third-order valence-corrected chi connectivity index (χ3v) is 3.55. The molecular weight excluding hydrogens is 331 g/mol. The van der Waals surface area contributed by atoms with Gasteiger partial charge in [-0.1, -0.05) is 38.0 Å². The van der Waals surface area contributed by atoms with Gasteiger partial charge in [0.15, 0.2) is 0 Å². The number of rotatable bonds is 8. The third-order valence-electron chi connectivity index (χ3n) is 3.55. The van der Waals surface area contributed by atoms with Crippen molar-refractivity contribution < 1.29 is 22.7 Å². The van der Waals surface area contributed by atoms with Crippen molar-refractivity contribution in [2.45, 2.75) is 45.2 Å². The maximum Gasteiger partial charge on any atom is 0.471 e. The van der Waals surface area contributed by atoms with Crippen LogP contribution in [0.25, 0.3) is 0 Å². The fourth-order valence-electron chi connectivity index (χ4n) is 2.10. The SMILES string of the molecule is CCCCCCOCCC#Cc1ccc(N(C)C(=O)C(F)(F)F)cc1. The zero-order chi connectivity index (χ0) is 18.7. The molecule has 0 atom stereocenters. The maximum absolute atomic E-state index is 12.4. The Balaban J connectivity index is 2.39. The minimum Gasteiger partial charge on any atom is -0.380 e. The second-order valence-electron chi connectivity index (χ2n) is 5.63. The molecule has 0 radical (unpaired) electrons. The van der Waals surface area contributed by atoms with E-state index in [1.54, 1.807) is 12.1 Å². The number of amides is 1. The summed E-state index contributed by atoms with van der Waals surface area (Å²) in [6.45, 7) is 3.48. The molecule has 0 aliphatic rings. The van der Waals surface area contributed by atoms with Gasteiger partial charge in [-0.25, -0.2) is 0 Å². The number of hydrogen-bond donors (Lipinski definition) is 0. The number of benzene rings is 1. The molecule has 3 nitrogen and oxygen atoms in total. The van der Waals surface area contributed by atoms with Crippen molar-refractivity contribution in [3.63, 3.8) is 0 Å². The lowest BCUT2D eigenvalue weighted by Gasteiger charge is -2.18. The van der Waals surface area contributed by atoms with Crippen molar-refractivity contribution in [3.05, 3.63) is 29.8 Å². The van der Waals surface area contributed by atoms with E-state index in [2.05, 4.69) is 18.8 Å². The molecule has 1 rings (SSSR count). The number of alkyl halides is 3. The fourth-order valence-corrected chi connectivity index (χ4v) is 2.10. The van der Waals surface area contributed by atoms with Gasteiger partial charge in [-0.3, -0.25) is 4.79 Å². The molecule has 1 aromatic carbocycles. The van der Waals surface area contributed by atoms with Crippen molar-refractivity contribution in [1.82, 2.24) is 0 Å². The number of hydrogen-bond acceptors (Lipinski definition) is 2. The molecule has 25 heavy (non-hydrogen) atoms. The van der Waals surface area contributed by atoms with E-state index in [4.69, 9.17) is 4.74 Å². The van der Waals surface area contributed by atoms with Gasteiger partial charge in [0.1, 0.15) is 0 Å². The maximum atomic E-state index is 12.4. The molecule has 1 amide bonds. The molecule has 0 saturated carbocycles. The van der Waals surface area contributed by atoms with Crippen molar-refractivity contribution in [1.29, 1.82) is 0 Å². The predicted octanol–water partition coefficient (Wildman–Crippen LogP) is 4.55. The van der Waals surface area contributed by atoms with Crippen LogP contribution in [0.1, 0.15) is 44.6 Å². The van der Waals surface area contributed by atoms with Crippen LogP contribution in [0, 0.1) is 11.8 Å². The Morgan fingerprint density at radius 1 is 1.12 bits per heavy atom. The van der Waals surface area contributed by atoms with Gasteiger partial charge in [0, 0.05) is 31.3 Å². The molecule has 1 aromatic rings. The monoisotopic (exact) mass is 355 g/mol. The minimum atomic E-state index is -4.89. The van der Waals surface area contributed by atoms with E-state index in [1.165, 1.54) is 31.4 Å². The first-order chi connectivity index (χ1) is 11.9. The standard InChI is InChI=1S/C19H24F3NO2/c1-3-4-5-7-14-25-15-8-6-9-16-10-12-17(13-11-16)23(2)18(24)19(20,21)22/h10-13H,3-5,7-8,14-15H2,1-2H3. The van der Waals surface area contributed by atoms with Crippen molar-refractivity contribution in [2.75, 3.05) is 25.2 Å². The zero-order valence-corrected chi connectivity index (χ0v) is 14.7. The van der Waals surface area contributed by atoms with Crippen LogP contribution in [0.4, 0.5) is 18.9 Å². The summed E-state index contributed by atoms with van der Waals surface area (Å²) < 4.78 is 42.7. The summed E-state index contributed by atoms with van der Waals surface area (Å²) >= 11 is 0. The highest BCUT2D eigenvalue weighted by molar-refractivity contribution is 5.96. The highest BCUT2D eigenvalue weighted by atomic mass is 19.4. The van der Waals surface area contributed by atoms with E-state index in [-0.39, 0.29) is 5.69 Å². The lowest BCUT2D eigenvalue weighted by atomic mass is 10.2. The molecular formula is C19H24F3NO2. The Labute approximate surface area is 147 Å². The quantitative estimate of drug-likeness (QED) is 0.506. The molecule has 0 bridgehead atoms. The number of carbonyl (C=O) groups is 1. The van der Waals surface area contributed by atoms with Crippen LogP contribution in [0.15, 0.2) is 24.3 Å². The van der Waals surface area contributed by atoms with Crippen LogP contribution in [0.5, 0.6) is 0 Å². The van der Waals surface area contributed by atoms with Crippen LogP contribution < -0.4 is 4.90 Å². The Bertz CT molecular complexity index is 585. The van der Waals surface area contributed by atoms with E-state index >= 15 is 0 Å². The largest absolute Gasteiger partial charge is 0.471 e. The van der Waals surface area contributed by atoms with Gasteiger partial charge < -0.3 is 9.64 Å². The van der Waals surface area contributed by atoms with E-state index < -0.39 is 12.1 Å². The molecule has 0 aliphatic heterocycles. The van der Waals surface area contributed by atoms with Gasteiger partial charge in [0.25, 0.3) is 0 Å². The van der Waals surface area contributed by atoms with Crippen molar-refractivity contribution in [3.8, 4) is 11.8 Å². The summed E-state index contributed by atoms with van der Waals surface area (Å²) in [5.41, 5.74) is 0.850. The van der Waals surface area contributed by atoms with E-state index in [0.29, 0.717) is 23.5 Å². The summed E-state index contributed by atoms with van der Waals surface area (Å²) in [7, 11) is 1.09. The zero-order valence-electron chi connectivity index (χ0n) is 14.7. The van der Waals surface area contributed by atoms with Crippen molar-refractivity contribution >= 4 is 11.6 Å². The van der Waals surface area contributed by atoms with E-state index in [0.717, 1.165) is 20.1 Å². The van der Waals surface area contributed by atoms with Gasteiger partial charge in [-0.2, -0.15) is 13.2 Å². The molecule has 0 fully saturated rings. The summed E-state index contributed by atoms with van der Waals surface area (Å²) in [4.78, 5) is 11.7. The average molecular weight is 355 g/mol. The second-order valence-corrected chi connectivity index (χ2v) is 5.63. The van der Waals surface area contributed by atoms with E-state index in [1.807, 2.05) is 0 Å². The van der Waals surface area contributed by atoms with Gasteiger partial charge in [-0.05, 0) is 30.7 Å². The van der Waals surface area contributed by atoms with Crippen LogP contribution in [-0.2, 0) is 9.53 Å². The lowest BCUT2D eigenvalue weighted by molar-refractivity contribution is -0.170. The summed E-state index contributed by atoms with van der Waals surface area (Å²) in [5.74, 6) is 3.99. The molecule has 0 aromatic heterocycles. The first-order valence-electron chi connectivity index (χ1n) is 8.37. The minimum absolute atomic E-state index is 0.170. The molecule has 0 spiro atoms. The predicted molar refractivity (Wildman–Crippen MR) is 92.4 cm³/mol.